The van der Waals surface area contributed by atoms with Gasteiger partial charge in [0, 0.05) is 6.54 Å². The summed E-state index contributed by atoms with van der Waals surface area (Å²) in [6, 6.07) is 0. The fourth-order valence-corrected chi connectivity index (χ4v) is 1.52. The maximum absolute atomic E-state index is 12.3. The smallest absolute Gasteiger partial charge is 0.280 e. The van der Waals surface area contributed by atoms with Gasteiger partial charge < -0.3 is 0 Å². The van der Waals surface area contributed by atoms with Gasteiger partial charge >= 0.3 is 6.18 Å². The van der Waals surface area contributed by atoms with Crippen LogP contribution in [-0.2, 0) is 0 Å². The summed E-state index contributed by atoms with van der Waals surface area (Å²) in [5.74, 6) is 0.398. The van der Waals surface area contributed by atoms with E-state index in [1.165, 1.54) is 0 Å². The molecule has 1 nitrogen and oxygen atoms in total. The minimum absolute atomic E-state index is 0.170. The average molecular weight is 205 g/mol. The highest BCUT2D eigenvalue weighted by Crippen LogP contribution is 2.25. The van der Waals surface area contributed by atoms with Crippen LogP contribution in [0, 0.1) is 11.8 Å². The van der Waals surface area contributed by atoms with Crippen LogP contribution in [0.1, 0.15) is 20.3 Å². The van der Waals surface area contributed by atoms with E-state index in [2.05, 4.69) is 4.99 Å². The zero-order chi connectivity index (χ0) is 10.8. The fraction of sp³-hybridized carbons (Fsp3) is 0.700. The van der Waals surface area contributed by atoms with Crippen LogP contribution in [0.15, 0.2) is 17.1 Å². The molecule has 0 N–H and O–H groups in total. The number of hydrogen-bond donors (Lipinski definition) is 0. The van der Waals surface area contributed by atoms with Crippen LogP contribution in [0.4, 0.5) is 13.2 Å². The van der Waals surface area contributed by atoms with Crippen LogP contribution in [0.3, 0.4) is 0 Å². The molecule has 0 radical (unpaired) electrons. The van der Waals surface area contributed by atoms with E-state index in [0.717, 1.165) is 12.5 Å². The van der Waals surface area contributed by atoms with Gasteiger partial charge in [-0.05, 0) is 17.9 Å². The fourth-order valence-electron chi connectivity index (χ4n) is 1.52. The lowest BCUT2D eigenvalue weighted by Crippen LogP contribution is -2.21. The summed E-state index contributed by atoms with van der Waals surface area (Å²) in [7, 11) is 0. The van der Waals surface area contributed by atoms with Gasteiger partial charge in [0.15, 0.2) is 0 Å². The lowest BCUT2D eigenvalue weighted by Gasteiger charge is -2.15. The lowest BCUT2D eigenvalue weighted by atomic mass is 9.92. The molecular weight excluding hydrogens is 191 g/mol. The van der Waals surface area contributed by atoms with E-state index >= 15 is 0 Å². The Hall–Kier alpha value is -0.800. The van der Waals surface area contributed by atoms with Crippen molar-refractivity contribution < 1.29 is 13.2 Å². The highest BCUT2D eigenvalue weighted by Gasteiger charge is 2.34. The van der Waals surface area contributed by atoms with Crippen LogP contribution >= 0.6 is 0 Å². The van der Waals surface area contributed by atoms with E-state index < -0.39 is 11.9 Å². The Bertz CT molecular complexity index is 253. The maximum Gasteiger partial charge on any atom is 0.432 e. The van der Waals surface area contributed by atoms with Gasteiger partial charge in [0.1, 0.15) is 5.71 Å². The van der Waals surface area contributed by atoms with Crippen LogP contribution in [-0.4, -0.2) is 18.4 Å². The third kappa shape index (κ3) is 2.59. The molecule has 0 amide bonds. The second kappa shape index (κ2) is 4.15. The molecule has 1 heterocycles. The first-order valence-electron chi connectivity index (χ1n) is 4.75. The predicted molar refractivity (Wildman–Crippen MR) is 50.4 cm³/mol. The van der Waals surface area contributed by atoms with Gasteiger partial charge in [0.2, 0.25) is 0 Å². The van der Waals surface area contributed by atoms with Crippen molar-refractivity contribution in [3.63, 3.8) is 0 Å². The summed E-state index contributed by atoms with van der Waals surface area (Å²) in [5, 5.41) is 0. The first kappa shape index (κ1) is 11.3. The van der Waals surface area contributed by atoms with Crippen molar-refractivity contribution >= 4 is 5.71 Å². The summed E-state index contributed by atoms with van der Waals surface area (Å²) >= 11 is 0. The molecule has 2 atom stereocenters. The molecule has 1 rings (SSSR count). The van der Waals surface area contributed by atoms with Gasteiger partial charge in [-0.3, -0.25) is 4.99 Å². The van der Waals surface area contributed by atoms with Crippen LogP contribution < -0.4 is 0 Å². The quantitative estimate of drug-likeness (QED) is 0.623. The Morgan fingerprint density at radius 2 is 2.14 bits per heavy atom. The number of allylic oxidation sites excluding steroid dienone is 2. The zero-order valence-electron chi connectivity index (χ0n) is 8.30. The van der Waals surface area contributed by atoms with Crippen molar-refractivity contribution in [1.29, 1.82) is 0 Å². The highest BCUT2D eigenvalue weighted by molar-refractivity contribution is 5.99. The van der Waals surface area contributed by atoms with Gasteiger partial charge in [-0.2, -0.15) is 13.2 Å². The van der Waals surface area contributed by atoms with E-state index in [0.29, 0.717) is 0 Å². The summed E-state index contributed by atoms with van der Waals surface area (Å²) in [4.78, 5) is 3.60. The zero-order valence-corrected chi connectivity index (χ0v) is 8.30. The molecule has 0 spiro atoms. The second-order valence-electron chi connectivity index (χ2n) is 3.61. The maximum atomic E-state index is 12.3. The Kier molecular flexibility index (Phi) is 3.34. The third-order valence-electron chi connectivity index (χ3n) is 2.61. The van der Waals surface area contributed by atoms with E-state index in [-0.39, 0.29) is 18.4 Å². The molecule has 4 heteroatoms. The van der Waals surface area contributed by atoms with Gasteiger partial charge in [-0.1, -0.05) is 26.3 Å². The Balaban J connectivity index is 2.83. The van der Waals surface area contributed by atoms with Crippen molar-refractivity contribution in [3.05, 3.63) is 12.2 Å². The molecule has 0 saturated heterocycles. The van der Waals surface area contributed by atoms with Gasteiger partial charge in [-0.15, -0.1) is 0 Å². The molecule has 0 aromatic carbocycles. The molecule has 2 unspecified atom stereocenters. The minimum Gasteiger partial charge on any atom is -0.280 e. The standard InChI is InChI=1S/C10H14F3N/c1-3-8-6-14-9(10(11,12)13)5-4-7(8)2/h4-5,7-8H,3,6H2,1-2H3. The first-order chi connectivity index (χ1) is 6.45. The number of aliphatic imine (C=N–C) groups is 1. The predicted octanol–water partition coefficient (Wildman–Crippen LogP) is 3.22. The van der Waals surface area contributed by atoms with Crippen molar-refractivity contribution in [2.45, 2.75) is 26.4 Å². The normalized spacial score (nSPS) is 28.5. The largest absolute Gasteiger partial charge is 0.432 e. The number of nitrogens with zero attached hydrogens (tertiary/aromatic N) is 1. The third-order valence-corrected chi connectivity index (χ3v) is 2.61. The lowest BCUT2D eigenvalue weighted by molar-refractivity contribution is -0.0578. The monoisotopic (exact) mass is 205 g/mol. The molecule has 80 valence electrons. The highest BCUT2D eigenvalue weighted by atomic mass is 19.4. The van der Waals surface area contributed by atoms with E-state index in [4.69, 9.17) is 0 Å². The molecular formula is C10H14F3N. The first-order valence-corrected chi connectivity index (χ1v) is 4.75. The van der Waals surface area contributed by atoms with Crippen LogP contribution in [0.5, 0.6) is 0 Å². The van der Waals surface area contributed by atoms with Crippen LogP contribution in [0.25, 0.3) is 0 Å². The van der Waals surface area contributed by atoms with Gasteiger partial charge in [0.05, 0.1) is 0 Å². The summed E-state index contributed by atoms with van der Waals surface area (Å²) in [6.45, 7) is 4.18. The number of rotatable bonds is 1. The molecule has 0 saturated carbocycles. The summed E-state index contributed by atoms with van der Waals surface area (Å²) in [5.41, 5.74) is -0.750. The van der Waals surface area contributed by atoms with Crippen molar-refractivity contribution in [3.8, 4) is 0 Å². The minimum atomic E-state index is -4.31. The van der Waals surface area contributed by atoms with Crippen molar-refractivity contribution in [2.75, 3.05) is 6.54 Å². The van der Waals surface area contributed by atoms with E-state index in [9.17, 15) is 13.2 Å². The number of hydrogen-bond acceptors (Lipinski definition) is 1. The van der Waals surface area contributed by atoms with Crippen molar-refractivity contribution in [1.82, 2.24) is 0 Å². The molecule has 0 aliphatic carbocycles. The Morgan fingerprint density at radius 1 is 1.50 bits per heavy atom. The number of alkyl halides is 3. The van der Waals surface area contributed by atoms with Gasteiger partial charge in [-0.25, -0.2) is 0 Å². The molecule has 0 bridgehead atoms. The molecule has 1 aliphatic heterocycles. The van der Waals surface area contributed by atoms with Gasteiger partial charge in [0.25, 0.3) is 0 Å². The summed E-state index contributed by atoms with van der Waals surface area (Å²) in [6.07, 6.45) is -0.743. The average Bonchev–Trinajstić information content (AvgIpc) is 2.25. The molecule has 14 heavy (non-hydrogen) atoms. The second-order valence-corrected chi connectivity index (χ2v) is 3.61. The molecule has 0 aromatic rings. The van der Waals surface area contributed by atoms with E-state index in [1.54, 1.807) is 6.08 Å². The molecule has 0 aromatic heterocycles. The SMILES string of the molecule is CCC1CN=C(C(F)(F)F)C=CC1C. The summed E-state index contributed by atoms with van der Waals surface area (Å²) < 4.78 is 36.9. The van der Waals surface area contributed by atoms with Crippen molar-refractivity contribution in [2.24, 2.45) is 16.8 Å². The van der Waals surface area contributed by atoms with Crippen LogP contribution in [0.2, 0.25) is 0 Å². The Morgan fingerprint density at radius 3 is 2.64 bits per heavy atom. The molecule has 0 fully saturated rings. The number of halogens is 3. The topological polar surface area (TPSA) is 12.4 Å². The molecule has 1 aliphatic rings. The Labute approximate surface area is 81.7 Å². The van der Waals surface area contributed by atoms with E-state index in [1.807, 2.05) is 13.8 Å².